The van der Waals surface area contributed by atoms with E-state index in [0.717, 1.165) is 5.56 Å². The summed E-state index contributed by atoms with van der Waals surface area (Å²) >= 11 is 0. The van der Waals surface area contributed by atoms with Crippen LogP contribution in [0.15, 0.2) is 82.8 Å². The van der Waals surface area contributed by atoms with E-state index in [1.165, 1.54) is 13.1 Å². The molecule has 170 valence electrons. The van der Waals surface area contributed by atoms with Gasteiger partial charge in [-0.3, -0.25) is 9.79 Å². The second-order valence-corrected chi connectivity index (χ2v) is 7.59. The monoisotopic (exact) mass is 447 g/mol. The molecule has 33 heavy (non-hydrogen) atoms. The van der Waals surface area contributed by atoms with Crippen molar-refractivity contribution in [3.63, 3.8) is 0 Å². The molecule has 0 saturated carbocycles. The number of nitrogens with zero attached hydrogens (tertiary/aromatic N) is 4. The maximum Gasteiger partial charge on any atom is 0.271 e. The number of aryl methyl sites for hydroxylation is 1. The molecule has 1 amide bonds. The van der Waals surface area contributed by atoms with Crippen LogP contribution in [0.3, 0.4) is 0 Å². The van der Waals surface area contributed by atoms with E-state index < -0.39 is 6.17 Å². The first-order valence-corrected chi connectivity index (χ1v) is 10.3. The maximum absolute atomic E-state index is 13.8. The zero-order valence-corrected chi connectivity index (χ0v) is 18.9. The Morgan fingerprint density at radius 2 is 2.12 bits per heavy atom. The smallest absolute Gasteiger partial charge is 0.271 e. The molecule has 0 aliphatic carbocycles. The van der Waals surface area contributed by atoms with Crippen LogP contribution in [0.2, 0.25) is 0 Å². The largest absolute Gasteiger partial charge is 0.337 e. The summed E-state index contributed by atoms with van der Waals surface area (Å²) in [4.78, 5) is 22.7. The molecular formula is C25H26FN5O2. The van der Waals surface area contributed by atoms with Gasteiger partial charge in [-0.15, -0.1) is 0 Å². The minimum Gasteiger partial charge on any atom is -0.337 e. The predicted molar refractivity (Wildman–Crippen MR) is 129 cm³/mol. The number of halogens is 1. The number of alkyl halides is 1. The number of rotatable bonds is 8. The molecule has 2 atom stereocenters. The number of hydrogen-bond acceptors (Lipinski definition) is 6. The van der Waals surface area contributed by atoms with E-state index in [4.69, 9.17) is 4.52 Å². The van der Waals surface area contributed by atoms with E-state index in [9.17, 15) is 9.18 Å². The van der Waals surface area contributed by atoms with Gasteiger partial charge in [-0.05, 0) is 56.8 Å². The molecule has 2 unspecified atom stereocenters. The highest BCUT2D eigenvalue weighted by Crippen LogP contribution is 2.29. The van der Waals surface area contributed by atoms with Gasteiger partial charge in [0.25, 0.3) is 11.8 Å². The predicted octanol–water partition coefficient (Wildman–Crippen LogP) is 5.23. The standard InChI is InChI=1S/C25H26FN5O2/c1-15-10-11-20(25-29-23(30-33-25)21(14-27-6)17(3)18(4)26)13-22(15)28-24(32)19(5)31-12-8-7-9-16(31)2/h7-14,16,18H,3,5-6H2,1-2,4H3,(H,28,32). The molecule has 1 aliphatic heterocycles. The molecule has 1 aromatic heterocycles. The van der Waals surface area contributed by atoms with Gasteiger partial charge in [-0.1, -0.05) is 36.5 Å². The average Bonchev–Trinajstić information content (AvgIpc) is 3.28. The van der Waals surface area contributed by atoms with Crippen molar-refractivity contribution in [2.45, 2.75) is 33.0 Å². The van der Waals surface area contributed by atoms with E-state index in [1.54, 1.807) is 17.0 Å². The van der Waals surface area contributed by atoms with Crippen molar-refractivity contribution >= 4 is 23.9 Å². The molecule has 0 radical (unpaired) electrons. The normalized spacial score (nSPS) is 16.4. The van der Waals surface area contributed by atoms with Gasteiger partial charge in [-0.2, -0.15) is 4.98 Å². The summed E-state index contributed by atoms with van der Waals surface area (Å²) in [5.41, 5.74) is 2.79. The highest BCUT2D eigenvalue weighted by Gasteiger charge is 2.21. The molecule has 0 bridgehead atoms. The summed E-state index contributed by atoms with van der Waals surface area (Å²) in [5.74, 6) is 0.0143. The molecule has 8 heteroatoms. The van der Waals surface area contributed by atoms with Crippen molar-refractivity contribution in [2.24, 2.45) is 4.99 Å². The molecule has 1 N–H and O–H groups in total. The number of aliphatic imine (C=N–C) groups is 1. The van der Waals surface area contributed by atoms with Gasteiger partial charge in [0.1, 0.15) is 11.9 Å². The maximum atomic E-state index is 13.8. The van der Waals surface area contributed by atoms with Gasteiger partial charge in [0.2, 0.25) is 5.82 Å². The molecule has 3 rings (SSSR count). The second kappa shape index (κ2) is 10.0. The molecule has 0 spiro atoms. The van der Waals surface area contributed by atoms with Gasteiger partial charge in [-0.25, -0.2) is 4.39 Å². The minimum absolute atomic E-state index is 0.0200. The third kappa shape index (κ3) is 5.23. The van der Waals surface area contributed by atoms with Gasteiger partial charge in [0.05, 0.1) is 0 Å². The lowest BCUT2D eigenvalue weighted by atomic mass is 10.0. The van der Waals surface area contributed by atoms with Crippen molar-refractivity contribution in [2.75, 3.05) is 5.32 Å². The molecule has 2 aromatic rings. The molecule has 0 saturated heterocycles. The fourth-order valence-electron chi connectivity index (χ4n) is 3.17. The number of amides is 1. The van der Waals surface area contributed by atoms with Crippen LogP contribution in [-0.2, 0) is 4.79 Å². The number of nitrogens with one attached hydrogen (secondary N) is 1. The molecule has 7 nitrogen and oxygen atoms in total. The van der Waals surface area contributed by atoms with E-state index in [2.05, 4.69) is 40.3 Å². The van der Waals surface area contributed by atoms with E-state index >= 15 is 0 Å². The van der Waals surface area contributed by atoms with Crippen molar-refractivity contribution in [3.8, 4) is 11.5 Å². The zero-order chi connectivity index (χ0) is 24.1. The summed E-state index contributed by atoms with van der Waals surface area (Å²) in [6.45, 7) is 16.3. The molecule has 2 heterocycles. The van der Waals surface area contributed by atoms with Gasteiger partial charge in [0.15, 0.2) is 0 Å². The summed E-state index contributed by atoms with van der Waals surface area (Å²) < 4.78 is 19.2. The van der Waals surface area contributed by atoms with Crippen LogP contribution in [0.4, 0.5) is 10.1 Å². The Balaban J connectivity index is 1.84. The fourth-order valence-corrected chi connectivity index (χ4v) is 3.17. The minimum atomic E-state index is -1.32. The van der Waals surface area contributed by atoms with Crippen molar-refractivity contribution < 1.29 is 13.7 Å². The Kier molecular flexibility index (Phi) is 7.17. The number of allylic oxidation sites excluding steroid dienone is 4. The van der Waals surface area contributed by atoms with Crippen LogP contribution >= 0.6 is 0 Å². The van der Waals surface area contributed by atoms with E-state index in [-0.39, 0.29) is 29.2 Å². The lowest BCUT2D eigenvalue weighted by molar-refractivity contribution is -0.114. The van der Waals surface area contributed by atoms with Crippen LogP contribution in [0.5, 0.6) is 0 Å². The number of aromatic nitrogens is 2. The Morgan fingerprint density at radius 1 is 1.36 bits per heavy atom. The third-order valence-corrected chi connectivity index (χ3v) is 5.21. The summed E-state index contributed by atoms with van der Waals surface area (Å²) in [6, 6.07) is 5.37. The summed E-state index contributed by atoms with van der Waals surface area (Å²) in [5, 5.41) is 6.83. The van der Waals surface area contributed by atoms with Gasteiger partial charge < -0.3 is 14.7 Å². The number of anilines is 1. The average molecular weight is 448 g/mol. The van der Waals surface area contributed by atoms with Crippen LogP contribution in [0.25, 0.3) is 17.0 Å². The van der Waals surface area contributed by atoms with Crippen molar-refractivity contribution in [1.29, 1.82) is 0 Å². The SMILES string of the molecule is C=NC=C(C(=C)C(C)F)c1noc(-c2ccc(C)c(NC(=O)C(=C)N3C=CC=CC3C)c2)n1. The van der Waals surface area contributed by atoms with E-state index in [0.29, 0.717) is 22.5 Å². The summed E-state index contributed by atoms with van der Waals surface area (Å²) in [7, 11) is 0. The number of benzene rings is 1. The van der Waals surface area contributed by atoms with Crippen LogP contribution < -0.4 is 5.32 Å². The van der Waals surface area contributed by atoms with Crippen LogP contribution in [-0.4, -0.2) is 39.9 Å². The lowest BCUT2D eigenvalue weighted by Gasteiger charge is -2.28. The lowest BCUT2D eigenvalue weighted by Crippen LogP contribution is -2.33. The van der Waals surface area contributed by atoms with Crippen molar-refractivity contribution in [3.05, 3.63) is 84.6 Å². The summed E-state index contributed by atoms with van der Waals surface area (Å²) in [6.07, 6.45) is 7.58. The van der Waals surface area contributed by atoms with Gasteiger partial charge >= 0.3 is 0 Å². The number of carbonyl (C=O) groups excluding carboxylic acids is 1. The second-order valence-electron chi connectivity index (χ2n) is 7.59. The van der Waals surface area contributed by atoms with E-state index in [1.807, 2.05) is 44.3 Å². The first kappa shape index (κ1) is 23.6. The van der Waals surface area contributed by atoms with Crippen LogP contribution in [0.1, 0.15) is 25.2 Å². The third-order valence-electron chi connectivity index (χ3n) is 5.21. The number of hydrogen-bond donors (Lipinski definition) is 1. The Hall–Kier alpha value is -4.07. The molecule has 1 aromatic carbocycles. The zero-order valence-electron chi connectivity index (χ0n) is 18.9. The first-order valence-electron chi connectivity index (χ1n) is 10.3. The highest BCUT2D eigenvalue weighted by molar-refractivity contribution is 6.03. The molecular weight excluding hydrogens is 421 g/mol. The van der Waals surface area contributed by atoms with Gasteiger partial charge in [0, 0.05) is 35.3 Å². The molecule has 1 aliphatic rings. The van der Waals surface area contributed by atoms with Crippen LogP contribution in [0, 0.1) is 6.92 Å². The Morgan fingerprint density at radius 3 is 2.79 bits per heavy atom. The fraction of sp³-hybridized carbons (Fsp3) is 0.200. The highest BCUT2D eigenvalue weighted by atomic mass is 19.1. The number of carbonyl (C=O) groups is 1. The molecule has 0 fully saturated rings. The first-order chi connectivity index (χ1) is 15.7. The topological polar surface area (TPSA) is 83.6 Å². The van der Waals surface area contributed by atoms with Crippen molar-refractivity contribution in [1.82, 2.24) is 15.0 Å². The Labute approximate surface area is 192 Å². The Bertz CT molecular complexity index is 1190. The quantitative estimate of drug-likeness (QED) is 0.340.